The first kappa shape index (κ1) is 13.6. The largest absolute Gasteiger partial charge is 0.450 e. The van der Waals surface area contributed by atoms with Gasteiger partial charge < -0.3 is 4.74 Å². The van der Waals surface area contributed by atoms with Crippen molar-refractivity contribution in [2.24, 2.45) is 0 Å². The number of nitro groups is 1. The van der Waals surface area contributed by atoms with Gasteiger partial charge >= 0.3 is 5.69 Å². The Labute approximate surface area is 117 Å². The van der Waals surface area contributed by atoms with E-state index in [1.807, 2.05) is 0 Å². The number of nitro benzene ring substituents is 1. The quantitative estimate of drug-likeness (QED) is 0.602. The zero-order valence-electron chi connectivity index (χ0n) is 9.27. The molecule has 2 aromatic carbocycles. The lowest BCUT2D eigenvalue weighted by Crippen LogP contribution is -1.94. The van der Waals surface area contributed by atoms with Crippen molar-refractivity contribution in [3.05, 3.63) is 62.4 Å². The van der Waals surface area contributed by atoms with E-state index in [1.54, 1.807) is 0 Å². The number of ether oxygens (including phenoxy) is 1. The lowest BCUT2D eigenvalue weighted by molar-refractivity contribution is -0.385. The molecule has 0 unspecified atom stereocenters. The lowest BCUT2D eigenvalue weighted by atomic mass is 10.3. The summed E-state index contributed by atoms with van der Waals surface area (Å²) in [6, 6.07) is 7.97. The van der Waals surface area contributed by atoms with Gasteiger partial charge in [0.2, 0.25) is 5.75 Å². The molecule has 0 heterocycles. The molecule has 0 saturated carbocycles. The summed E-state index contributed by atoms with van der Waals surface area (Å²) in [6.07, 6.45) is 0. The number of hydrogen-bond acceptors (Lipinski definition) is 3. The minimum absolute atomic E-state index is 0.0584. The SMILES string of the molecule is O=[N+]([O-])c1c(Cl)cccc1Oc1ccc(Cl)c(F)c1. The highest BCUT2D eigenvalue weighted by Gasteiger charge is 2.20. The van der Waals surface area contributed by atoms with E-state index in [1.165, 1.54) is 30.3 Å². The van der Waals surface area contributed by atoms with Gasteiger partial charge in [-0.1, -0.05) is 29.3 Å². The highest BCUT2D eigenvalue weighted by Crippen LogP contribution is 2.37. The van der Waals surface area contributed by atoms with Crippen LogP contribution in [0.25, 0.3) is 0 Å². The Hall–Kier alpha value is -1.85. The molecule has 0 spiro atoms. The van der Waals surface area contributed by atoms with Gasteiger partial charge in [0, 0.05) is 6.07 Å². The maximum atomic E-state index is 13.2. The van der Waals surface area contributed by atoms with Gasteiger partial charge in [-0.2, -0.15) is 0 Å². The van der Waals surface area contributed by atoms with Crippen LogP contribution in [0.3, 0.4) is 0 Å². The molecule has 0 N–H and O–H groups in total. The molecular formula is C12H6Cl2FNO3. The fourth-order valence-electron chi connectivity index (χ4n) is 1.42. The molecule has 0 aliphatic carbocycles. The summed E-state index contributed by atoms with van der Waals surface area (Å²) in [5.41, 5.74) is -0.375. The maximum Gasteiger partial charge on any atom is 0.329 e. The molecule has 0 aliphatic heterocycles. The number of rotatable bonds is 3. The standard InChI is InChI=1S/C12H6Cl2FNO3/c13-8-5-4-7(6-10(8)15)19-11-3-1-2-9(14)12(11)16(17)18/h1-6H. The second kappa shape index (κ2) is 5.42. The number of nitrogens with zero attached hydrogens (tertiary/aromatic N) is 1. The molecule has 2 rings (SSSR count). The Morgan fingerprint density at radius 2 is 1.89 bits per heavy atom. The predicted molar refractivity (Wildman–Crippen MR) is 69.6 cm³/mol. The zero-order valence-corrected chi connectivity index (χ0v) is 10.8. The molecule has 4 nitrogen and oxygen atoms in total. The Balaban J connectivity index is 2.40. The number of hydrogen-bond donors (Lipinski definition) is 0. The molecular weight excluding hydrogens is 296 g/mol. The van der Waals surface area contributed by atoms with Gasteiger partial charge in [-0.15, -0.1) is 0 Å². The van der Waals surface area contributed by atoms with E-state index in [-0.39, 0.29) is 27.2 Å². The summed E-state index contributed by atoms with van der Waals surface area (Å²) in [7, 11) is 0. The van der Waals surface area contributed by atoms with E-state index in [9.17, 15) is 14.5 Å². The van der Waals surface area contributed by atoms with Crippen LogP contribution < -0.4 is 4.74 Å². The molecule has 0 aliphatic rings. The Morgan fingerprint density at radius 3 is 2.53 bits per heavy atom. The molecule has 0 saturated heterocycles. The van der Waals surface area contributed by atoms with Gasteiger partial charge in [-0.25, -0.2) is 4.39 Å². The highest BCUT2D eigenvalue weighted by molar-refractivity contribution is 6.33. The van der Waals surface area contributed by atoms with Gasteiger partial charge in [0.15, 0.2) is 0 Å². The first-order valence-electron chi connectivity index (χ1n) is 5.05. The van der Waals surface area contributed by atoms with Crippen LogP contribution in [-0.2, 0) is 0 Å². The third-order valence-corrected chi connectivity index (χ3v) is 2.86. The second-order valence-electron chi connectivity index (χ2n) is 3.52. The highest BCUT2D eigenvalue weighted by atomic mass is 35.5. The van der Waals surface area contributed by atoms with Crippen molar-refractivity contribution < 1.29 is 14.1 Å². The van der Waals surface area contributed by atoms with Crippen LogP contribution in [0.4, 0.5) is 10.1 Å². The van der Waals surface area contributed by atoms with Crippen LogP contribution in [-0.4, -0.2) is 4.92 Å². The molecule has 0 atom stereocenters. The third kappa shape index (κ3) is 2.94. The summed E-state index contributed by atoms with van der Waals surface area (Å²) in [6.45, 7) is 0. The van der Waals surface area contributed by atoms with Crippen LogP contribution in [0.5, 0.6) is 11.5 Å². The van der Waals surface area contributed by atoms with Crippen LogP contribution in [0, 0.1) is 15.9 Å². The van der Waals surface area contributed by atoms with Gasteiger partial charge in [0.05, 0.1) is 9.95 Å². The molecule has 2 aromatic rings. The van der Waals surface area contributed by atoms with E-state index in [4.69, 9.17) is 27.9 Å². The molecule has 0 amide bonds. The van der Waals surface area contributed by atoms with Crippen molar-refractivity contribution in [3.63, 3.8) is 0 Å². The van der Waals surface area contributed by atoms with Crippen molar-refractivity contribution in [3.8, 4) is 11.5 Å². The van der Waals surface area contributed by atoms with Crippen molar-refractivity contribution in [2.45, 2.75) is 0 Å². The fraction of sp³-hybridized carbons (Fsp3) is 0. The van der Waals surface area contributed by atoms with Crippen molar-refractivity contribution in [1.82, 2.24) is 0 Å². The average Bonchev–Trinajstić information content (AvgIpc) is 2.33. The lowest BCUT2D eigenvalue weighted by Gasteiger charge is -2.07. The average molecular weight is 302 g/mol. The van der Waals surface area contributed by atoms with Crippen molar-refractivity contribution >= 4 is 28.9 Å². The number of para-hydroxylation sites is 1. The van der Waals surface area contributed by atoms with E-state index in [0.29, 0.717) is 0 Å². The first-order valence-corrected chi connectivity index (χ1v) is 5.80. The normalized spacial score (nSPS) is 10.3. The van der Waals surface area contributed by atoms with E-state index < -0.39 is 10.7 Å². The monoisotopic (exact) mass is 301 g/mol. The summed E-state index contributed by atoms with van der Waals surface area (Å²) < 4.78 is 18.5. The van der Waals surface area contributed by atoms with Crippen molar-refractivity contribution in [2.75, 3.05) is 0 Å². The minimum Gasteiger partial charge on any atom is -0.450 e. The summed E-state index contributed by atoms with van der Waals surface area (Å²) in [5, 5.41) is 10.8. The third-order valence-electron chi connectivity index (χ3n) is 2.25. The summed E-state index contributed by atoms with van der Waals surface area (Å²) in [5.74, 6) is -0.657. The molecule has 0 aromatic heterocycles. The first-order chi connectivity index (χ1) is 8.99. The van der Waals surface area contributed by atoms with Gasteiger partial charge in [0.1, 0.15) is 16.6 Å². The maximum absolute atomic E-state index is 13.2. The topological polar surface area (TPSA) is 52.4 Å². The van der Waals surface area contributed by atoms with E-state index in [0.717, 1.165) is 6.07 Å². The number of halogens is 3. The van der Waals surface area contributed by atoms with Crippen LogP contribution >= 0.6 is 23.2 Å². The molecule has 0 fully saturated rings. The second-order valence-corrected chi connectivity index (χ2v) is 4.34. The van der Waals surface area contributed by atoms with Crippen LogP contribution in [0.2, 0.25) is 10.0 Å². The van der Waals surface area contributed by atoms with Crippen LogP contribution in [0.1, 0.15) is 0 Å². The fourth-order valence-corrected chi connectivity index (χ4v) is 1.77. The molecule has 7 heteroatoms. The van der Waals surface area contributed by atoms with E-state index >= 15 is 0 Å². The molecule has 0 radical (unpaired) electrons. The predicted octanol–water partition coefficient (Wildman–Crippen LogP) is 4.83. The van der Waals surface area contributed by atoms with E-state index in [2.05, 4.69) is 0 Å². The van der Waals surface area contributed by atoms with Gasteiger partial charge in [-0.05, 0) is 24.3 Å². The van der Waals surface area contributed by atoms with Gasteiger partial charge in [0.25, 0.3) is 0 Å². The van der Waals surface area contributed by atoms with Gasteiger partial charge in [-0.3, -0.25) is 10.1 Å². The zero-order chi connectivity index (χ0) is 14.0. The number of benzene rings is 2. The summed E-state index contributed by atoms with van der Waals surface area (Å²) >= 11 is 11.3. The Bertz CT molecular complexity index is 649. The molecule has 98 valence electrons. The van der Waals surface area contributed by atoms with Crippen molar-refractivity contribution in [1.29, 1.82) is 0 Å². The smallest absolute Gasteiger partial charge is 0.329 e. The minimum atomic E-state index is -0.677. The Kier molecular flexibility index (Phi) is 3.87. The Morgan fingerprint density at radius 1 is 1.16 bits per heavy atom. The molecule has 19 heavy (non-hydrogen) atoms. The molecule has 0 bridgehead atoms. The summed E-state index contributed by atoms with van der Waals surface area (Å²) in [4.78, 5) is 10.2. The van der Waals surface area contributed by atoms with Crippen LogP contribution in [0.15, 0.2) is 36.4 Å².